The standard InChI is InChI=1S/C21H24N6O/c1-14-18(15(2)26-25-14)12-20(28)23-17-9-11-27(13-17)21-22-10-8-19(24-21)16-6-4-3-5-7-16/h3-8,10,17H,9,11-13H2,1-2H3,(H,23,28)(H,25,26). The SMILES string of the molecule is Cc1n[nH]c(C)c1CC(=O)NC1CCN(c2nccc(-c3ccccc3)n2)C1. The monoisotopic (exact) mass is 376 g/mol. The largest absolute Gasteiger partial charge is 0.351 e. The van der Waals surface area contributed by atoms with Gasteiger partial charge < -0.3 is 10.2 Å². The molecule has 0 spiro atoms. The third kappa shape index (κ3) is 3.88. The molecule has 0 saturated carbocycles. The fourth-order valence-corrected chi connectivity index (χ4v) is 3.60. The molecule has 3 heterocycles. The van der Waals surface area contributed by atoms with Crippen molar-refractivity contribution in [1.82, 2.24) is 25.5 Å². The van der Waals surface area contributed by atoms with Crippen LogP contribution >= 0.6 is 0 Å². The summed E-state index contributed by atoms with van der Waals surface area (Å²) in [7, 11) is 0. The highest BCUT2D eigenvalue weighted by molar-refractivity contribution is 5.79. The lowest BCUT2D eigenvalue weighted by molar-refractivity contribution is -0.121. The van der Waals surface area contributed by atoms with E-state index in [2.05, 4.69) is 25.4 Å². The van der Waals surface area contributed by atoms with Crippen molar-refractivity contribution in [3.8, 4) is 11.3 Å². The van der Waals surface area contributed by atoms with Gasteiger partial charge in [-0.25, -0.2) is 9.97 Å². The number of hydrogen-bond donors (Lipinski definition) is 2. The van der Waals surface area contributed by atoms with Crippen molar-refractivity contribution in [2.75, 3.05) is 18.0 Å². The molecular weight excluding hydrogens is 352 g/mol. The minimum absolute atomic E-state index is 0.0263. The molecule has 7 heteroatoms. The zero-order chi connectivity index (χ0) is 19.5. The summed E-state index contributed by atoms with van der Waals surface area (Å²) in [6.07, 6.45) is 3.03. The Morgan fingerprint density at radius 2 is 2.07 bits per heavy atom. The lowest BCUT2D eigenvalue weighted by atomic mass is 10.1. The van der Waals surface area contributed by atoms with E-state index in [9.17, 15) is 4.79 Å². The van der Waals surface area contributed by atoms with E-state index in [0.717, 1.165) is 41.2 Å². The first-order chi connectivity index (χ1) is 13.6. The zero-order valence-corrected chi connectivity index (χ0v) is 16.1. The van der Waals surface area contributed by atoms with E-state index < -0.39 is 0 Å². The maximum atomic E-state index is 12.5. The van der Waals surface area contributed by atoms with Gasteiger partial charge in [0.25, 0.3) is 0 Å². The molecule has 144 valence electrons. The van der Waals surface area contributed by atoms with Gasteiger partial charge >= 0.3 is 0 Å². The van der Waals surface area contributed by atoms with Gasteiger partial charge in [0, 0.05) is 42.1 Å². The highest BCUT2D eigenvalue weighted by Gasteiger charge is 2.26. The Hall–Kier alpha value is -3.22. The number of aromatic amines is 1. The smallest absolute Gasteiger partial charge is 0.225 e. The maximum Gasteiger partial charge on any atom is 0.225 e. The minimum Gasteiger partial charge on any atom is -0.351 e. The summed E-state index contributed by atoms with van der Waals surface area (Å²) in [4.78, 5) is 23.7. The van der Waals surface area contributed by atoms with Crippen LogP contribution in [0.2, 0.25) is 0 Å². The first-order valence-corrected chi connectivity index (χ1v) is 9.53. The number of rotatable bonds is 5. The summed E-state index contributed by atoms with van der Waals surface area (Å²) in [6.45, 7) is 5.40. The van der Waals surface area contributed by atoms with Gasteiger partial charge in [-0.1, -0.05) is 30.3 Å². The number of benzene rings is 1. The Labute approximate surface area is 164 Å². The van der Waals surface area contributed by atoms with E-state index in [-0.39, 0.29) is 11.9 Å². The topological polar surface area (TPSA) is 86.8 Å². The third-order valence-corrected chi connectivity index (χ3v) is 5.17. The Morgan fingerprint density at radius 3 is 2.82 bits per heavy atom. The second-order valence-corrected chi connectivity index (χ2v) is 7.20. The lowest BCUT2D eigenvalue weighted by Gasteiger charge is -2.17. The van der Waals surface area contributed by atoms with Crippen molar-refractivity contribution < 1.29 is 4.79 Å². The highest BCUT2D eigenvalue weighted by Crippen LogP contribution is 2.21. The number of hydrogen-bond acceptors (Lipinski definition) is 5. The number of carbonyl (C=O) groups is 1. The summed E-state index contributed by atoms with van der Waals surface area (Å²) >= 11 is 0. The first-order valence-electron chi connectivity index (χ1n) is 9.53. The fraction of sp³-hybridized carbons (Fsp3) is 0.333. The molecule has 1 atom stereocenters. The van der Waals surface area contributed by atoms with Crippen LogP contribution in [-0.2, 0) is 11.2 Å². The molecule has 1 amide bonds. The molecule has 0 bridgehead atoms. The number of aryl methyl sites for hydroxylation is 2. The highest BCUT2D eigenvalue weighted by atomic mass is 16.1. The predicted molar refractivity (Wildman–Crippen MR) is 108 cm³/mol. The van der Waals surface area contributed by atoms with Gasteiger partial charge in [-0.2, -0.15) is 5.10 Å². The fourth-order valence-electron chi connectivity index (χ4n) is 3.60. The van der Waals surface area contributed by atoms with Gasteiger partial charge in [0.15, 0.2) is 0 Å². The average molecular weight is 376 g/mol. The third-order valence-electron chi connectivity index (χ3n) is 5.17. The van der Waals surface area contributed by atoms with E-state index in [1.54, 1.807) is 6.20 Å². The van der Waals surface area contributed by atoms with Crippen LogP contribution in [0, 0.1) is 13.8 Å². The normalized spacial score (nSPS) is 16.4. The number of H-pyrrole nitrogens is 1. The van der Waals surface area contributed by atoms with Gasteiger partial charge in [-0.3, -0.25) is 9.89 Å². The summed E-state index contributed by atoms with van der Waals surface area (Å²) in [5.74, 6) is 0.734. The van der Waals surface area contributed by atoms with E-state index in [4.69, 9.17) is 4.98 Å². The number of nitrogens with zero attached hydrogens (tertiary/aromatic N) is 4. The Kier molecular flexibility index (Phi) is 5.06. The van der Waals surface area contributed by atoms with Crippen LogP contribution in [-0.4, -0.2) is 45.2 Å². The number of aromatic nitrogens is 4. The van der Waals surface area contributed by atoms with Crippen molar-refractivity contribution in [2.24, 2.45) is 0 Å². The van der Waals surface area contributed by atoms with E-state index in [1.807, 2.05) is 50.2 Å². The Balaban J connectivity index is 1.38. The van der Waals surface area contributed by atoms with Crippen LogP contribution in [0.25, 0.3) is 11.3 Å². The summed E-state index contributed by atoms with van der Waals surface area (Å²) in [5.41, 5.74) is 4.79. The molecule has 1 aliphatic heterocycles. The first kappa shape index (κ1) is 18.2. The Bertz CT molecular complexity index is 949. The summed E-state index contributed by atoms with van der Waals surface area (Å²) in [6, 6.07) is 12.1. The molecule has 3 aromatic rings. The molecule has 2 aromatic heterocycles. The molecule has 7 nitrogen and oxygen atoms in total. The van der Waals surface area contributed by atoms with Crippen LogP contribution in [0.3, 0.4) is 0 Å². The van der Waals surface area contributed by atoms with Gasteiger partial charge in [-0.15, -0.1) is 0 Å². The average Bonchev–Trinajstić information content (AvgIpc) is 3.31. The molecule has 4 rings (SSSR count). The van der Waals surface area contributed by atoms with Crippen LogP contribution < -0.4 is 10.2 Å². The van der Waals surface area contributed by atoms with Gasteiger partial charge in [-0.05, 0) is 26.3 Å². The van der Waals surface area contributed by atoms with Crippen LogP contribution in [0.4, 0.5) is 5.95 Å². The van der Waals surface area contributed by atoms with E-state index >= 15 is 0 Å². The number of carbonyl (C=O) groups excluding carboxylic acids is 1. The number of anilines is 1. The van der Waals surface area contributed by atoms with E-state index in [1.165, 1.54) is 0 Å². The maximum absolute atomic E-state index is 12.5. The van der Waals surface area contributed by atoms with Crippen molar-refractivity contribution in [2.45, 2.75) is 32.7 Å². The molecule has 1 saturated heterocycles. The van der Waals surface area contributed by atoms with Gasteiger partial charge in [0.05, 0.1) is 17.8 Å². The molecular formula is C21H24N6O. The molecule has 0 radical (unpaired) electrons. The number of amides is 1. The minimum atomic E-state index is 0.0263. The molecule has 2 N–H and O–H groups in total. The summed E-state index contributed by atoms with van der Waals surface area (Å²) < 4.78 is 0. The van der Waals surface area contributed by atoms with Crippen LogP contribution in [0.5, 0.6) is 0 Å². The summed E-state index contributed by atoms with van der Waals surface area (Å²) in [5, 5.41) is 10.2. The van der Waals surface area contributed by atoms with Crippen LogP contribution in [0.1, 0.15) is 23.4 Å². The van der Waals surface area contributed by atoms with Crippen molar-refractivity contribution in [1.29, 1.82) is 0 Å². The number of nitrogens with one attached hydrogen (secondary N) is 2. The molecule has 1 aliphatic rings. The van der Waals surface area contributed by atoms with E-state index in [0.29, 0.717) is 18.9 Å². The van der Waals surface area contributed by atoms with Crippen molar-refractivity contribution in [3.05, 3.63) is 59.5 Å². The van der Waals surface area contributed by atoms with Crippen LogP contribution in [0.15, 0.2) is 42.6 Å². The zero-order valence-electron chi connectivity index (χ0n) is 16.1. The lowest BCUT2D eigenvalue weighted by Crippen LogP contribution is -2.38. The van der Waals surface area contributed by atoms with Gasteiger partial charge in [0.1, 0.15) is 0 Å². The second-order valence-electron chi connectivity index (χ2n) is 7.20. The van der Waals surface area contributed by atoms with Crippen molar-refractivity contribution >= 4 is 11.9 Å². The molecule has 1 unspecified atom stereocenters. The molecule has 1 aromatic carbocycles. The quantitative estimate of drug-likeness (QED) is 0.714. The Morgan fingerprint density at radius 1 is 1.25 bits per heavy atom. The molecule has 1 fully saturated rings. The van der Waals surface area contributed by atoms with Gasteiger partial charge in [0.2, 0.25) is 11.9 Å². The molecule has 0 aliphatic carbocycles. The molecule has 28 heavy (non-hydrogen) atoms. The predicted octanol–water partition coefficient (Wildman–Crippen LogP) is 2.42. The second kappa shape index (κ2) is 7.80. The van der Waals surface area contributed by atoms with Crippen molar-refractivity contribution in [3.63, 3.8) is 0 Å².